The molecular weight excluding hydrogens is 104 g/mol. The van der Waals surface area contributed by atoms with Crippen molar-refractivity contribution in [1.29, 1.82) is 0 Å². The van der Waals surface area contributed by atoms with E-state index >= 15 is 0 Å². The lowest BCUT2D eigenvalue weighted by Crippen LogP contribution is -2.09. The molecule has 0 atom stereocenters. The van der Waals surface area contributed by atoms with Gasteiger partial charge < -0.3 is 11.1 Å². The Balaban J connectivity index is 3.20. The first-order valence-corrected chi connectivity index (χ1v) is 2.46. The van der Waals surface area contributed by atoms with Gasteiger partial charge in [0.1, 0.15) is 0 Å². The molecule has 0 aliphatic rings. The standard InChI is InChI=1S/C5H10N2O/c1-2-7-4-3-5(6)8/h3-4,7H,2H2,1H3,(H2,6,8). The van der Waals surface area contributed by atoms with E-state index < -0.39 is 5.91 Å². The van der Waals surface area contributed by atoms with Crippen molar-refractivity contribution in [3.05, 3.63) is 12.3 Å². The van der Waals surface area contributed by atoms with E-state index in [1.807, 2.05) is 6.92 Å². The zero-order chi connectivity index (χ0) is 6.41. The fourth-order valence-electron chi connectivity index (χ4n) is 0.259. The zero-order valence-corrected chi connectivity index (χ0v) is 4.85. The average molecular weight is 114 g/mol. The van der Waals surface area contributed by atoms with E-state index in [1.54, 1.807) is 0 Å². The van der Waals surface area contributed by atoms with Crippen molar-refractivity contribution in [2.45, 2.75) is 6.92 Å². The number of nitrogens with one attached hydrogen (secondary N) is 1. The smallest absolute Gasteiger partial charge is 0.242 e. The second-order valence-electron chi connectivity index (χ2n) is 1.29. The molecular formula is C5H10N2O. The molecule has 0 spiro atoms. The molecule has 0 fully saturated rings. The van der Waals surface area contributed by atoms with Crippen LogP contribution in [0.4, 0.5) is 0 Å². The maximum atomic E-state index is 9.97. The number of rotatable bonds is 3. The molecule has 3 heteroatoms. The second-order valence-corrected chi connectivity index (χ2v) is 1.29. The van der Waals surface area contributed by atoms with Gasteiger partial charge in [-0.05, 0) is 6.92 Å². The molecule has 0 heterocycles. The van der Waals surface area contributed by atoms with E-state index in [2.05, 4.69) is 5.32 Å². The van der Waals surface area contributed by atoms with Gasteiger partial charge in [-0.25, -0.2) is 0 Å². The van der Waals surface area contributed by atoms with E-state index in [0.29, 0.717) is 0 Å². The van der Waals surface area contributed by atoms with Gasteiger partial charge in [-0.2, -0.15) is 0 Å². The summed E-state index contributed by atoms with van der Waals surface area (Å²) >= 11 is 0. The van der Waals surface area contributed by atoms with Crippen molar-refractivity contribution in [2.24, 2.45) is 5.73 Å². The van der Waals surface area contributed by atoms with E-state index in [-0.39, 0.29) is 0 Å². The van der Waals surface area contributed by atoms with Gasteiger partial charge in [-0.1, -0.05) is 0 Å². The van der Waals surface area contributed by atoms with Gasteiger partial charge in [0, 0.05) is 18.8 Å². The third-order valence-corrected chi connectivity index (χ3v) is 0.570. The Hall–Kier alpha value is -0.990. The molecule has 0 aliphatic heterocycles. The van der Waals surface area contributed by atoms with Gasteiger partial charge in [-0.15, -0.1) is 0 Å². The minimum absolute atomic E-state index is 0.425. The topological polar surface area (TPSA) is 55.1 Å². The van der Waals surface area contributed by atoms with Crippen LogP contribution >= 0.6 is 0 Å². The number of carbonyl (C=O) groups excluding carboxylic acids is 1. The molecule has 0 aromatic rings. The van der Waals surface area contributed by atoms with Crippen molar-refractivity contribution in [3.63, 3.8) is 0 Å². The summed E-state index contributed by atoms with van der Waals surface area (Å²) in [6.07, 6.45) is 2.81. The second kappa shape index (κ2) is 4.18. The van der Waals surface area contributed by atoms with Crippen LogP contribution in [-0.4, -0.2) is 12.5 Å². The summed E-state index contributed by atoms with van der Waals surface area (Å²) in [6.45, 7) is 2.75. The number of nitrogens with two attached hydrogens (primary N) is 1. The lowest BCUT2D eigenvalue weighted by Gasteiger charge is -1.87. The van der Waals surface area contributed by atoms with Gasteiger partial charge in [0.15, 0.2) is 0 Å². The Bertz CT molecular complexity index is 98.6. The number of hydrogen-bond acceptors (Lipinski definition) is 2. The summed E-state index contributed by atoms with van der Waals surface area (Å²) in [5.41, 5.74) is 4.77. The third kappa shape index (κ3) is 5.01. The first kappa shape index (κ1) is 7.01. The average Bonchev–Trinajstić information content (AvgIpc) is 1.66. The Morgan fingerprint density at radius 2 is 2.50 bits per heavy atom. The number of carbonyl (C=O) groups is 1. The summed E-state index contributed by atoms with van der Waals surface area (Å²) in [7, 11) is 0. The molecule has 0 aromatic heterocycles. The molecule has 0 saturated heterocycles. The van der Waals surface area contributed by atoms with E-state index in [9.17, 15) is 4.79 Å². The Labute approximate surface area is 48.6 Å². The Morgan fingerprint density at radius 3 is 2.88 bits per heavy atom. The largest absolute Gasteiger partial charge is 0.391 e. The summed E-state index contributed by atoms with van der Waals surface area (Å²) in [6, 6.07) is 0. The van der Waals surface area contributed by atoms with Crippen molar-refractivity contribution < 1.29 is 4.79 Å². The van der Waals surface area contributed by atoms with Gasteiger partial charge >= 0.3 is 0 Å². The fraction of sp³-hybridized carbons (Fsp3) is 0.400. The highest BCUT2D eigenvalue weighted by molar-refractivity contribution is 5.85. The van der Waals surface area contributed by atoms with Crippen LogP contribution in [0, 0.1) is 0 Å². The van der Waals surface area contributed by atoms with E-state index in [1.165, 1.54) is 12.3 Å². The van der Waals surface area contributed by atoms with Crippen LogP contribution in [0.3, 0.4) is 0 Å². The van der Waals surface area contributed by atoms with Gasteiger partial charge in [-0.3, -0.25) is 4.79 Å². The van der Waals surface area contributed by atoms with Crippen LogP contribution in [0.2, 0.25) is 0 Å². The molecule has 0 aliphatic carbocycles. The van der Waals surface area contributed by atoms with Crippen LogP contribution in [-0.2, 0) is 4.79 Å². The van der Waals surface area contributed by atoms with Crippen LogP contribution < -0.4 is 11.1 Å². The van der Waals surface area contributed by atoms with Crippen LogP contribution in [0.1, 0.15) is 6.92 Å². The summed E-state index contributed by atoms with van der Waals surface area (Å²) in [5, 5.41) is 2.80. The molecule has 3 N–H and O–H groups in total. The normalized spacial score (nSPS) is 9.62. The lowest BCUT2D eigenvalue weighted by atomic mass is 10.6. The Kier molecular flexibility index (Phi) is 3.66. The monoisotopic (exact) mass is 114 g/mol. The molecule has 0 radical (unpaired) electrons. The molecule has 8 heavy (non-hydrogen) atoms. The molecule has 0 bridgehead atoms. The van der Waals surface area contributed by atoms with Crippen LogP contribution in [0.15, 0.2) is 12.3 Å². The van der Waals surface area contributed by atoms with Crippen LogP contribution in [0.5, 0.6) is 0 Å². The third-order valence-electron chi connectivity index (χ3n) is 0.570. The molecule has 0 aromatic carbocycles. The van der Waals surface area contributed by atoms with E-state index in [0.717, 1.165) is 6.54 Å². The maximum Gasteiger partial charge on any atom is 0.242 e. The highest BCUT2D eigenvalue weighted by Crippen LogP contribution is 1.62. The quantitative estimate of drug-likeness (QED) is 0.490. The molecule has 1 amide bonds. The minimum Gasteiger partial charge on any atom is -0.391 e. The van der Waals surface area contributed by atoms with Crippen molar-refractivity contribution in [1.82, 2.24) is 5.32 Å². The minimum atomic E-state index is -0.425. The van der Waals surface area contributed by atoms with Gasteiger partial charge in [0.05, 0.1) is 0 Å². The summed E-state index contributed by atoms with van der Waals surface area (Å²) < 4.78 is 0. The molecule has 46 valence electrons. The SMILES string of the molecule is CCNC=CC(N)=O. The highest BCUT2D eigenvalue weighted by Gasteiger charge is 1.77. The molecule has 0 rings (SSSR count). The Morgan fingerprint density at radius 1 is 1.88 bits per heavy atom. The predicted molar refractivity (Wildman–Crippen MR) is 32.0 cm³/mol. The molecule has 0 saturated carbocycles. The predicted octanol–water partition coefficient (Wildman–Crippen LogP) is -0.405. The fourth-order valence-corrected chi connectivity index (χ4v) is 0.259. The van der Waals surface area contributed by atoms with Crippen molar-refractivity contribution in [3.8, 4) is 0 Å². The highest BCUT2D eigenvalue weighted by atomic mass is 16.1. The van der Waals surface area contributed by atoms with Crippen molar-refractivity contribution >= 4 is 5.91 Å². The summed E-state index contributed by atoms with van der Waals surface area (Å²) in [4.78, 5) is 9.97. The van der Waals surface area contributed by atoms with Gasteiger partial charge in [0.25, 0.3) is 0 Å². The number of hydrogen-bond donors (Lipinski definition) is 2. The first-order valence-electron chi connectivity index (χ1n) is 2.46. The zero-order valence-electron chi connectivity index (χ0n) is 4.85. The van der Waals surface area contributed by atoms with Crippen LogP contribution in [0.25, 0.3) is 0 Å². The number of amides is 1. The first-order chi connectivity index (χ1) is 3.77. The maximum absolute atomic E-state index is 9.97. The van der Waals surface area contributed by atoms with E-state index in [4.69, 9.17) is 5.73 Å². The lowest BCUT2D eigenvalue weighted by molar-refractivity contribution is -0.113. The summed E-state index contributed by atoms with van der Waals surface area (Å²) in [5.74, 6) is -0.425. The van der Waals surface area contributed by atoms with Gasteiger partial charge in [0.2, 0.25) is 5.91 Å². The molecule has 0 unspecified atom stereocenters. The van der Waals surface area contributed by atoms with Crippen molar-refractivity contribution in [2.75, 3.05) is 6.54 Å². The number of primary amides is 1. The molecule has 3 nitrogen and oxygen atoms in total.